The Kier molecular flexibility index (Phi) is 5.40. The van der Waals surface area contributed by atoms with E-state index in [9.17, 15) is 9.90 Å². The number of rotatable bonds is 3. The van der Waals surface area contributed by atoms with Gasteiger partial charge in [-0.05, 0) is 44.1 Å². The van der Waals surface area contributed by atoms with Crippen LogP contribution in [0.1, 0.15) is 43.5 Å². The normalized spacial score (nSPS) is 21.1. The van der Waals surface area contributed by atoms with Crippen LogP contribution < -0.4 is 16.2 Å². The Morgan fingerprint density at radius 3 is 2.66 bits per heavy atom. The first-order valence-electron chi connectivity index (χ1n) is 10.2. The zero-order valence-electron chi connectivity index (χ0n) is 17.0. The smallest absolute Gasteiger partial charge is 0.269 e. The second-order valence-corrected chi connectivity index (χ2v) is 8.77. The topological polar surface area (TPSA) is 97.3 Å². The third-order valence-electron chi connectivity index (χ3n) is 6.77. The third-order valence-corrected chi connectivity index (χ3v) is 7.14. The van der Waals surface area contributed by atoms with Gasteiger partial charge >= 0.3 is 0 Å². The van der Waals surface area contributed by atoms with Gasteiger partial charge < -0.3 is 20.3 Å². The summed E-state index contributed by atoms with van der Waals surface area (Å²) in [6.45, 7) is 3.36. The van der Waals surface area contributed by atoms with E-state index in [-0.39, 0.29) is 22.6 Å². The number of halogens is 1. The van der Waals surface area contributed by atoms with Crippen LogP contribution in [0.3, 0.4) is 0 Å². The summed E-state index contributed by atoms with van der Waals surface area (Å²) in [6.07, 6.45) is 7.29. The highest BCUT2D eigenvalue weighted by Crippen LogP contribution is 2.46. The number of aliphatic hydroxyl groups excluding tert-OH is 1. The summed E-state index contributed by atoms with van der Waals surface area (Å²) >= 11 is 6.29. The minimum Gasteiger partial charge on any atom is -0.390 e. The predicted octanol–water partition coefficient (Wildman–Crippen LogP) is 2.39. The number of nitrogens with two attached hydrogens (primary N) is 1. The number of aromatic nitrogens is 3. The molecular weight excluding hydrogens is 390 g/mol. The molecule has 2 aromatic rings. The van der Waals surface area contributed by atoms with Crippen LogP contribution in [0.25, 0.3) is 11.3 Å². The molecule has 29 heavy (non-hydrogen) atoms. The molecular formula is C21H28ClN5O2. The van der Waals surface area contributed by atoms with Gasteiger partial charge in [-0.15, -0.1) is 0 Å². The average Bonchev–Trinajstić information content (AvgIpc) is 3.07. The summed E-state index contributed by atoms with van der Waals surface area (Å²) in [7, 11) is 1.65. The Morgan fingerprint density at radius 1 is 1.31 bits per heavy atom. The molecule has 1 aliphatic heterocycles. The maximum atomic E-state index is 12.2. The standard InChI is InChI=1S/C21H28ClN5O2/c1-13-18(14-5-9-26(2)20(29)17(14)22)25-15(12-28)19(24-13)27-10-7-21(8-11-27)6-3-4-16(21)23/h5,9,16,28H,3-4,6-8,10-12,23H2,1-2H3/t16-/m1/s1. The molecule has 3 heterocycles. The van der Waals surface area contributed by atoms with E-state index in [2.05, 4.69) is 9.88 Å². The Balaban J connectivity index is 1.66. The van der Waals surface area contributed by atoms with Gasteiger partial charge in [0.1, 0.15) is 10.7 Å². The summed E-state index contributed by atoms with van der Waals surface area (Å²) in [4.78, 5) is 23.8. The predicted molar refractivity (Wildman–Crippen MR) is 114 cm³/mol. The largest absolute Gasteiger partial charge is 0.390 e. The second-order valence-electron chi connectivity index (χ2n) is 8.39. The third kappa shape index (κ3) is 3.45. The zero-order chi connectivity index (χ0) is 20.8. The molecule has 0 amide bonds. The zero-order valence-corrected chi connectivity index (χ0v) is 17.7. The van der Waals surface area contributed by atoms with E-state index in [1.165, 1.54) is 17.4 Å². The Labute approximate surface area is 175 Å². The van der Waals surface area contributed by atoms with Gasteiger partial charge in [-0.3, -0.25) is 4.79 Å². The molecule has 4 rings (SSSR count). The highest BCUT2D eigenvalue weighted by atomic mass is 35.5. The summed E-state index contributed by atoms with van der Waals surface area (Å²) < 4.78 is 1.42. The van der Waals surface area contributed by atoms with Crippen LogP contribution in [0.2, 0.25) is 5.02 Å². The van der Waals surface area contributed by atoms with Crippen molar-refractivity contribution in [3.63, 3.8) is 0 Å². The molecule has 1 atom stereocenters. The van der Waals surface area contributed by atoms with Crippen LogP contribution in [0.15, 0.2) is 17.1 Å². The van der Waals surface area contributed by atoms with Crippen LogP contribution in [-0.4, -0.2) is 38.8 Å². The number of aryl methyl sites for hydroxylation is 2. The first-order valence-corrected chi connectivity index (χ1v) is 10.6. The van der Waals surface area contributed by atoms with Crippen LogP contribution in [0.5, 0.6) is 0 Å². The molecule has 8 heteroatoms. The maximum absolute atomic E-state index is 12.2. The fraction of sp³-hybridized carbons (Fsp3) is 0.571. The van der Waals surface area contributed by atoms with Crippen molar-refractivity contribution in [2.24, 2.45) is 18.2 Å². The van der Waals surface area contributed by atoms with Gasteiger partial charge in [0, 0.05) is 37.9 Å². The molecule has 1 saturated heterocycles. The van der Waals surface area contributed by atoms with Gasteiger partial charge in [-0.2, -0.15) is 0 Å². The highest BCUT2D eigenvalue weighted by molar-refractivity contribution is 6.33. The molecule has 0 aromatic carbocycles. The monoisotopic (exact) mass is 417 g/mol. The Hall–Kier alpha value is -1.96. The molecule has 7 nitrogen and oxygen atoms in total. The molecule has 1 aliphatic carbocycles. The second kappa shape index (κ2) is 7.70. The lowest BCUT2D eigenvalue weighted by molar-refractivity contribution is 0.196. The number of nitrogens with zero attached hydrogens (tertiary/aromatic N) is 4. The van der Waals surface area contributed by atoms with Gasteiger partial charge in [-0.25, -0.2) is 9.97 Å². The van der Waals surface area contributed by atoms with Crippen molar-refractivity contribution in [2.75, 3.05) is 18.0 Å². The highest BCUT2D eigenvalue weighted by Gasteiger charge is 2.43. The first-order chi connectivity index (χ1) is 13.9. The van der Waals surface area contributed by atoms with E-state index in [1.54, 1.807) is 19.3 Å². The lowest BCUT2D eigenvalue weighted by atomic mass is 9.74. The van der Waals surface area contributed by atoms with Crippen LogP contribution in [-0.2, 0) is 13.7 Å². The molecule has 2 fully saturated rings. The SMILES string of the molecule is Cc1nc(N2CCC3(CCC[C@H]3N)CC2)c(CO)nc1-c1ccn(C)c(=O)c1Cl. The lowest BCUT2D eigenvalue weighted by Crippen LogP contribution is -2.47. The number of pyridine rings is 1. The minimum atomic E-state index is -0.283. The number of piperidine rings is 1. The van der Waals surface area contributed by atoms with Crippen molar-refractivity contribution in [1.29, 1.82) is 0 Å². The van der Waals surface area contributed by atoms with Gasteiger partial charge in [-0.1, -0.05) is 18.0 Å². The first kappa shape index (κ1) is 20.3. The minimum absolute atomic E-state index is 0.110. The van der Waals surface area contributed by atoms with Crippen molar-refractivity contribution in [3.8, 4) is 11.3 Å². The average molecular weight is 418 g/mol. The van der Waals surface area contributed by atoms with E-state index in [4.69, 9.17) is 22.3 Å². The van der Waals surface area contributed by atoms with Gasteiger partial charge in [0.2, 0.25) is 0 Å². The van der Waals surface area contributed by atoms with Crippen LogP contribution in [0.4, 0.5) is 5.82 Å². The lowest BCUT2D eigenvalue weighted by Gasteiger charge is -2.42. The number of aliphatic hydroxyl groups is 1. The van der Waals surface area contributed by atoms with Crippen LogP contribution in [0, 0.1) is 12.3 Å². The van der Waals surface area contributed by atoms with Crippen molar-refractivity contribution in [1.82, 2.24) is 14.5 Å². The fourth-order valence-corrected chi connectivity index (χ4v) is 5.17. The molecule has 1 saturated carbocycles. The molecule has 0 bridgehead atoms. The van der Waals surface area contributed by atoms with E-state index in [0.717, 1.165) is 38.2 Å². The van der Waals surface area contributed by atoms with Crippen LogP contribution >= 0.6 is 11.6 Å². The summed E-state index contributed by atoms with van der Waals surface area (Å²) in [5.74, 6) is 0.718. The molecule has 2 aromatic heterocycles. The molecule has 1 spiro atoms. The maximum Gasteiger partial charge on any atom is 0.269 e. The van der Waals surface area contributed by atoms with E-state index < -0.39 is 0 Å². The Bertz CT molecular complexity index is 982. The van der Waals surface area contributed by atoms with E-state index in [1.807, 2.05) is 6.92 Å². The molecule has 156 valence electrons. The summed E-state index contributed by atoms with van der Waals surface area (Å²) in [5, 5.41) is 10.1. The van der Waals surface area contributed by atoms with Gasteiger partial charge in [0.05, 0.1) is 18.0 Å². The van der Waals surface area contributed by atoms with Gasteiger partial charge in [0.25, 0.3) is 5.56 Å². The number of hydrogen-bond donors (Lipinski definition) is 2. The molecule has 3 N–H and O–H groups in total. The molecule has 0 radical (unpaired) electrons. The summed E-state index contributed by atoms with van der Waals surface area (Å²) in [5.41, 5.74) is 8.65. The molecule has 0 unspecified atom stereocenters. The molecule has 2 aliphatic rings. The fourth-order valence-electron chi connectivity index (χ4n) is 4.89. The number of anilines is 1. The van der Waals surface area contributed by atoms with Crippen molar-refractivity contribution in [3.05, 3.63) is 39.0 Å². The number of hydrogen-bond acceptors (Lipinski definition) is 6. The van der Waals surface area contributed by atoms with Crippen molar-refractivity contribution >= 4 is 17.4 Å². The van der Waals surface area contributed by atoms with Crippen molar-refractivity contribution in [2.45, 2.75) is 51.7 Å². The summed E-state index contributed by atoms with van der Waals surface area (Å²) in [6, 6.07) is 2.05. The van der Waals surface area contributed by atoms with E-state index in [0.29, 0.717) is 28.7 Å². The van der Waals surface area contributed by atoms with Crippen molar-refractivity contribution < 1.29 is 5.11 Å². The quantitative estimate of drug-likeness (QED) is 0.795. The van der Waals surface area contributed by atoms with Gasteiger partial charge in [0.15, 0.2) is 5.82 Å². The Morgan fingerprint density at radius 2 is 2.03 bits per heavy atom. The van der Waals surface area contributed by atoms with E-state index >= 15 is 0 Å².